The molecule has 0 atom stereocenters. The quantitative estimate of drug-likeness (QED) is 0.165. The molecule has 0 unspecified atom stereocenters. The maximum Gasteiger partial charge on any atom is 0.333 e. The van der Waals surface area contributed by atoms with Gasteiger partial charge in [0, 0.05) is 81.5 Å². The Bertz CT molecular complexity index is 5030. The van der Waals surface area contributed by atoms with Crippen LogP contribution in [0.4, 0.5) is 28.4 Å². The van der Waals surface area contributed by atoms with Crippen LogP contribution in [0.2, 0.25) is 0 Å². The Kier molecular flexibility index (Phi) is 9.04. The molecule has 3 aromatic heterocycles. The van der Waals surface area contributed by atoms with Crippen molar-refractivity contribution in [3.63, 3.8) is 0 Å². The predicted molar refractivity (Wildman–Crippen MR) is 332 cm³/mol. The predicted octanol–water partition coefficient (Wildman–Crippen LogP) is 19.5. The lowest BCUT2D eigenvalue weighted by molar-refractivity contribution is 0.590. The van der Waals surface area contributed by atoms with E-state index in [1.165, 1.54) is 80.8 Å². The van der Waals surface area contributed by atoms with Crippen LogP contribution in [-0.2, 0) is 5.41 Å². The van der Waals surface area contributed by atoms with Crippen LogP contribution < -0.4 is 20.6 Å². The molecular weight excluding hydrogens is 968 g/mol. The first-order valence-corrected chi connectivity index (χ1v) is 27.8. The molecule has 0 saturated heterocycles. The molecule has 2 aliphatic rings. The Morgan fingerprint density at radius 1 is 0.423 bits per heavy atom. The average molecular weight is 1020 g/mol. The van der Waals surface area contributed by atoms with Gasteiger partial charge in [0.2, 0.25) is 0 Å². The second-order valence-electron chi connectivity index (χ2n) is 22.4. The first-order valence-electron chi connectivity index (χ1n) is 27.0. The molecule has 366 valence electrons. The molecule has 2 aliphatic heterocycles. The molecule has 17 rings (SSSR count). The van der Waals surface area contributed by atoms with Crippen molar-refractivity contribution in [1.82, 2.24) is 0 Å². The van der Waals surface area contributed by atoms with E-state index in [1.54, 1.807) is 0 Å². The summed E-state index contributed by atoms with van der Waals surface area (Å²) in [5.74, 6) is 0. The van der Waals surface area contributed by atoms with Gasteiger partial charge in [0.1, 0.15) is 22.3 Å². The third-order valence-electron chi connectivity index (χ3n) is 16.9. The van der Waals surface area contributed by atoms with Crippen molar-refractivity contribution in [2.45, 2.75) is 26.2 Å². The fraction of sp³-hybridized carbons (Fsp3) is 0.0556. The number of fused-ring (bicyclic) bond motifs is 17. The van der Waals surface area contributed by atoms with Crippen LogP contribution in [0.1, 0.15) is 26.3 Å². The average Bonchev–Trinajstić information content (AvgIpc) is 3.11. The molecule has 0 N–H and O–H groups in total. The topological polar surface area (TPSA) is 32.8 Å². The molecule has 12 aromatic carbocycles. The van der Waals surface area contributed by atoms with Gasteiger partial charge >= 0.3 is 6.85 Å². The third kappa shape index (κ3) is 6.29. The molecule has 15 aromatic rings. The SMILES string of the molecule is CC(C)(C)c1ccc(N2c3cc4c(oc5ccccc54)c4c3B(c3ccc5sc6cc7ccccc7cc6c5c32)N(c2ccc(-c3ccccc3)cc2)c2cc3oc5cc6ccccc6cc5c3cc2-4)c(-c2ccccc2)c1. The zero-order valence-corrected chi connectivity index (χ0v) is 44.0. The molecule has 4 nitrogen and oxygen atoms in total. The summed E-state index contributed by atoms with van der Waals surface area (Å²) in [4.78, 5) is 5.27. The van der Waals surface area contributed by atoms with E-state index in [0.717, 1.165) is 83.1 Å². The Balaban J connectivity index is 1.06. The molecule has 0 amide bonds. The minimum Gasteiger partial charge on any atom is -0.456 e. The molecule has 6 heteroatoms. The summed E-state index contributed by atoms with van der Waals surface area (Å²) >= 11 is 1.89. The van der Waals surface area contributed by atoms with Crippen molar-refractivity contribution >= 4 is 143 Å². The van der Waals surface area contributed by atoms with Crippen LogP contribution >= 0.6 is 11.3 Å². The lowest BCUT2D eigenvalue weighted by Gasteiger charge is -2.46. The number of para-hydroxylation sites is 1. The fourth-order valence-electron chi connectivity index (χ4n) is 13.2. The van der Waals surface area contributed by atoms with E-state index in [2.05, 4.69) is 261 Å². The second kappa shape index (κ2) is 16.1. The monoisotopic (exact) mass is 1010 g/mol. The highest BCUT2D eigenvalue weighted by molar-refractivity contribution is 7.26. The van der Waals surface area contributed by atoms with E-state index in [4.69, 9.17) is 8.83 Å². The van der Waals surface area contributed by atoms with Gasteiger partial charge in [-0.25, -0.2) is 0 Å². The van der Waals surface area contributed by atoms with E-state index < -0.39 is 0 Å². The van der Waals surface area contributed by atoms with E-state index in [9.17, 15) is 0 Å². The summed E-state index contributed by atoms with van der Waals surface area (Å²) in [6.45, 7) is 6.65. The van der Waals surface area contributed by atoms with Gasteiger partial charge in [-0.2, -0.15) is 0 Å². The first kappa shape index (κ1) is 43.8. The van der Waals surface area contributed by atoms with Crippen LogP contribution in [0.15, 0.2) is 239 Å². The van der Waals surface area contributed by atoms with Crippen LogP contribution in [0.5, 0.6) is 0 Å². The van der Waals surface area contributed by atoms with E-state index in [-0.39, 0.29) is 12.3 Å². The van der Waals surface area contributed by atoms with Gasteiger partial charge < -0.3 is 18.5 Å². The highest BCUT2D eigenvalue weighted by atomic mass is 32.1. The third-order valence-corrected chi connectivity index (χ3v) is 18.0. The molecule has 78 heavy (non-hydrogen) atoms. The second-order valence-corrected chi connectivity index (χ2v) is 23.4. The number of rotatable bonds is 4. The first-order chi connectivity index (χ1) is 38.3. The Morgan fingerprint density at radius 3 is 1.82 bits per heavy atom. The van der Waals surface area contributed by atoms with Crippen molar-refractivity contribution in [3.05, 3.63) is 236 Å². The Morgan fingerprint density at radius 2 is 1.06 bits per heavy atom. The Hall–Kier alpha value is -9.36. The molecule has 0 aliphatic carbocycles. The summed E-state index contributed by atoms with van der Waals surface area (Å²) < 4.78 is 16.8. The van der Waals surface area contributed by atoms with Gasteiger partial charge in [0.05, 0.1) is 11.4 Å². The molecule has 5 heterocycles. The van der Waals surface area contributed by atoms with E-state index in [0.29, 0.717) is 0 Å². The number of hydrogen-bond acceptors (Lipinski definition) is 5. The maximum absolute atomic E-state index is 7.30. The molecular formula is C72H47BN2O2S. The van der Waals surface area contributed by atoms with Crippen LogP contribution in [-0.4, -0.2) is 6.85 Å². The highest BCUT2D eigenvalue weighted by Crippen LogP contribution is 2.56. The smallest absolute Gasteiger partial charge is 0.333 e. The van der Waals surface area contributed by atoms with Gasteiger partial charge in [0.25, 0.3) is 0 Å². The maximum atomic E-state index is 7.30. The van der Waals surface area contributed by atoms with Crippen LogP contribution in [0.3, 0.4) is 0 Å². The molecule has 0 saturated carbocycles. The van der Waals surface area contributed by atoms with Gasteiger partial charge in [-0.1, -0.05) is 172 Å². The van der Waals surface area contributed by atoms with Crippen LogP contribution in [0.25, 0.3) is 119 Å². The van der Waals surface area contributed by atoms with Gasteiger partial charge in [-0.15, -0.1) is 11.3 Å². The van der Waals surface area contributed by atoms with E-state index >= 15 is 0 Å². The standard InChI is InChI=1S/C72H47BN2O2S/c1-72(2,3)49-28-32-59(52(38-49)44-18-8-5-9-19-44)74-61-40-55-51-24-14-15-25-62(51)77-71(55)68-56-39-54-53-34-45-20-10-12-22-47(45)36-63(53)76-64(54)41-60(56)75(50-29-26-43(27-30-50)42-16-6-4-7-17-42)73(69(61)68)58-31-33-65-67(70(58)74)57-35-46-21-11-13-23-48(46)37-66(57)78-65/h4-41H,1-3H3. The van der Waals surface area contributed by atoms with Crippen LogP contribution in [0, 0.1) is 0 Å². The van der Waals surface area contributed by atoms with Crippen molar-refractivity contribution in [2.24, 2.45) is 0 Å². The summed E-state index contributed by atoms with van der Waals surface area (Å²) in [5, 5.41) is 11.7. The lowest BCUT2D eigenvalue weighted by Crippen LogP contribution is -2.61. The van der Waals surface area contributed by atoms with Gasteiger partial charge in [0.15, 0.2) is 0 Å². The zero-order valence-electron chi connectivity index (χ0n) is 43.1. The van der Waals surface area contributed by atoms with Crippen molar-refractivity contribution in [1.29, 1.82) is 0 Å². The molecule has 0 spiro atoms. The zero-order chi connectivity index (χ0) is 51.5. The van der Waals surface area contributed by atoms with Gasteiger partial charge in [-0.05, 0) is 133 Å². The molecule has 0 fully saturated rings. The number of furan rings is 2. The van der Waals surface area contributed by atoms with Crippen molar-refractivity contribution < 1.29 is 8.83 Å². The lowest BCUT2D eigenvalue weighted by atomic mass is 9.43. The molecule has 0 radical (unpaired) electrons. The minimum atomic E-state index is -0.299. The number of hydrogen-bond donors (Lipinski definition) is 0. The summed E-state index contributed by atoms with van der Waals surface area (Å²) in [6.07, 6.45) is 0. The normalized spacial score (nSPS) is 13.2. The summed E-state index contributed by atoms with van der Waals surface area (Å²) in [7, 11) is 0. The number of benzene rings is 12. The largest absolute Gasteiger partial charge is 0.456 e. The minimum absolute atomic E-state index is 0.0895. The van der Waals surface area contributed by atoms with E-state index in [1.807, 2.05) is 11.3 Å². The van der Waals surface area contributed by atoms with Gasteiger partial charge in [-0.3, -0.25) is 0 Å². The fourth-order valence-corrected chi connectivity index (χ4v) is 14.3. The summed E-state index contributed by atoms with van der Waals surface area (Å²) in [5.41, 5.74) is 19.6. The number of anilines is 5. The number of nitrogens with zero attached hydrogens (tertiary/aromatic N) is 2. The highest BCUT2D eigenvalue weighted by Gasteiger charge is 2.48. The van der Waals surface area contributed by atoms with Crippen molar-refractivity contribution in [3.8, 4) is 33.4 Å². The Labute approximate surface area is 454 Å². The van der Waals surface area contributed by atoms with Crippen molar-refractivity contribution in [2.75, 3.05) is 9.71 Å². The number of thiophene rings is 1. The molecule has 0 bridgehead atoms. The summed E-state index contributed by atoms with van der Waals surface area (Å²) in [6, 6.07) is 85.5.